The summed E-state index contributed by atoms with van der Waals surface area (Å²) in [4.78, 5) is 12.0. The molecule has 0 saturated carbocycles. The molecule has 112 valence electrons. The highest BCUT2D eigenvalue weighted by Gasteiger charge is 2.08. The van der Waals surface area contributed by atoms with Gasteiger partial charge in [0.1, 0.15) is 5.52 Å². The third kappa shape index (κ3) is 2.96. The van der Waals surface area contributed by atoms with Crippen LogP contribution in [0.1, 0.15) is 15.9 Å². The van der Waals surface area contributed by atoms with Crippen molar-refractivity contribution in [2.45, 2.75) is 6.54 Å². The van der Waals surface area contributed by atoms with Crippen LogP contribution in [0.2, 0.25) is 0 Å². The van der Waals surface area contributed by atoms with Crippen molar-refractivity contribution in [1.82, 2.24) is 20.3 Å². The van der Waals surface area contributed by atoms with Gasteiger partial charge in [-0.05, 0) is 29.8 Å². The first-order valence-corrected chi connectivity index (χ1v) is 7.13. The minimum atomic E-state index is -0.115. The Morgan fingerprint density at radius 1 is 1.18 bits per heavy atom. The Labute approximate surface area is 127 Å². The summed E-state index contributed by atoms with van der Waals surface area (Å²) < 4.78 is 1.83. The maximum Gasteiger partial charge on any atom is 0.251 e. The molecule has 22 heavy (non-hydrogen) atoms. The van der Waals surface area contributed by atoms with Crippen molar-refractivity contribution < 1.29 is 4.79 Å². The van der Waals surface area contributed by atoms with Gasteiger partial charge in [-0.15, -0.1) is 5.10 Å². The number of hydrogen-bond donors (Lipinski definition) is 2. The lowest BCUT2D eigenvalue weighted by Crippen LogP contribution is -2.29. The maximum absolute atomic E-state index is 12.0. The summed E-state index contributed by atoms with van der Waals surface area (Å²) in [6.45, 7) is 1.46. The molecule has 0 saturated heterocycles. The summed E-state index contributed by atoms with van der Waals surface area (Å²) in [6.07, 6.45) is 0. The van der Waals surface area contributed by atoms with Gasteiger partial charge in [-0.3, -0.25) is 4.79 Å². The van der Waals surface area contributed by atoms with E-state index in [1.165, 1.54) is 0 Å². The first kappa shape index (κ1) is 14.2. The SMILES string of the molecule is NCCNC(=O)c1cccc(Cn2nnc3ccccc32)c1. The molecule has 6 nitrogen and oxygen atoms in total. The number of nitrogens with two attached hydrogens (primary N) is 1. The van der Waals surface area contributed by atoms with E-state index in [2.05, 4.69) is 15.6 Å². The lowest BCUT2D eigenvalue weighted by atomic mass is 10.1. The van der Waals surface area contributed by atoms with E-state index < -0.39 is 0 Å². The van der Waals surface area contributed by atoms with Gasteiger partial charge in [0.15, 0.2) is 0 Å². The highest BCUT2D eigenvalue weighted by molar-refractivity contribution is 5.94. The highest BCUT2D eigenvalue weighted by Crippen LogP contribution is 2.13. The van der Waals surface area contributed by atoms with Gasteiger partial charge in [-0.1, -0.05) is 29.5 Å². The summed E-state index contributed by atoms with van der Waals surface area (Å²) in [5, 5.41) is 11.1. The second-order valence-corrected chi connectivity index (χ2v) is 4.98. The average molecular weight is 295 g/mol. The average Bonchev–Trinajstić information content (AvgIpc) is 2.96. The number of hydrogen-bond acceptors (Lipinski definition) is 4. The fraction of sp³-hybridized carbons (Fsp3) is 0.188. The van der Waals surface area contributed by atoms with E-state index in [0.717, 1.165) is 16.6 Å². The molecule has 1 amide bonds. The van der Waals surface area contributed by atoms with Crippen LogP contribution in [0.15, 0.2) is 48.5 Å². The molecule has 0 aliphatic carbocycles. The molecule has 2 aromatic carbocycles. The molecule has 1 heterocycles. The van der Waals surface area contributed by atoms with Gasteiger partial charge >= 0.3 is 0 Å². The first-order chi connectivity index (χ1) is 10.8. The van der Waals surface area contributed by atoms with Gasteiger partial charge in [0, 0.05) is 18.7 Å². The van der Waals surface area contributed by atoms with Gasteiger partial charge in [0.2, 0.25) is 0 Å². The Balaban J connectivity index is 1.82. The van der Waals surface area contributed by atoms with Crippen LogP contribution in [-0.2, 0) is 6.54 Å². The number of nitrogens with zero attached hydrogens (tertiary/aromatic N) is 3. The van der Waals surface area contributed by atoms with Crippen molar-refractivity contribution >= 4 is 16.9 Å². The molecule has 0 fully saturated rings. The molecule has 3 aromatic rings. The molecule has 0 unspecified atom stereocenters. The maximum atomic E-state index is 12.0. The molecular formula is C16H17N5O. The van der Waals surface area contributed by atoms with Gasteiger partial charge in [-0.25, -0.2) is 4.68 Å². The van der Waals surface area contributed by atoms with E-state index in [0.29, 0.717) is 25.2 Å². The van der Waals surface area contributed by atoms with Crippen molar-refractivity contribution in [3.05, 3.63) is 59.7 Å². The normalized spacial score (nSPS) is 10.8. The second-order valence-electron chi connectivity index (χ2n) is 4.98. The summed E-state index contributed by atoms with van der Waals surface area (Å²) in [5.41, 5.74) is 8.84. The van der Waals surface area contributed by atoms with E-state index in [-0.39, 0.29) is 5.91 Å². The fourth-order valence-corrected chi connectivity index (χ4v) is 2.31. The van der Waals surface area contributed by atoms with Crippen molar-refractivity contribution in [2.75, 3.05) is 13.1 Å². The Morgan fingerprint density at radius 2 is 2.05 bits per heavy atom. The summed E-state index contributed by atoms with van der Waals surface area (Å²) in [6, 6.07) is 15.3. The quantitative estimate of drug-likeness (QED) is 0.740. The zero-order valence-electron chi connectivity index (χ0n) is 12.1. The van der Waals surface area contributed by atoms with E-state index in [1.807, 2.05) is 47.1 Å². The smallest absolute Gasteiger partial charge is 0.251 e. The van der Waals surface area contributed by atoms with E-state index in [4.69, 9.17) is 5.73 Å². The van der Waals surface area contributed by atoms with Crippen LogP contribution in [0.25, 0.3) is 11.0 Å². The zero-order valence-corrected chi connectivity index (χ0v) is 12.1. The van der Waals surface area contributed by atoms with Crippen LogP contribution < -0.4 is 11.1 Å². The standard InChI is InChI=1S/C16H17N5O/c17-8-9-18-16(22)13-5-3-4-12(10-13)11-21-15-7-2-1-6-14(15)19-20-21/h1-7,10H,8-9,11,17H2,(H,18,22). The number of carbonyl (C=O) groups excluding carboxylic acids is 1. The van der Waals surface area contributed by atoms with E-state index in [9.17, 15) is 4.79 Å². The molecule has 0 bridgehead atoms. The second kappa shape index (κ2) is 6.36. The molecule has 6 heteroatoms. The molecule has 0 aliphatic rings. The Bertz CT molecular complexity index is 796. The summed E-state index contributed by atoms with van der Waals surface area (Å²) in [5.74, 6) is -0.115. The van der Waals surface area contributed by atoms with Crippen LogP contribution in [0.3, 0.4) is 0 Å². The minimum absolute atomic E-state index is 0.115. The van der Waals surface area contributed by atoms with Gasteiger partial charge < -0.3 is 11.1 Å². The summed E-state index contributed by atoms with van der Waals surface area (Å²) in [7, 11) is 0. The monoisotopic (exact) mass is 295 g/mol. The largest absolute Gasteiger partial charge is 0.351 e. The zero-order chi connectivity index (χ0) is 15.4. The number of amides is 1. The van der Waals surface area contributed by atoms with Crippen LogP contribution in [0.5, 0.6) is 0 Å². The van der Waals surface area contributed by atoms with Crippen LogP contribution >= 0.6 is 0 Å². The first-order valence-electron chi connectivity index (χ1n) is 7.13. The number of para-hydroxylation sites is 1. The number of rotatable bonds is 5. The van der Waals surface area contributed by atoms with Crippen molar-refractivity contribution in [3.63, 3.8) is 0 Å². The molecule has 0 atom stereocenters. The lowest BCUT2D eigenvalue weighted by Gasteiger charge is -2.07. The summed E-state index contributed by atoms with van der Waals surface area (Å²) >= 11 is 0. The molecule has 0 aliphatic heterocycles. The molecule has 1 aromatic heterocycles. The molecule has 3 N–H and O–H groups in total. The minimum Gasteiger partial charge on any atom is -0.351 e. The third-order valence-corrected chi connectivity index (χ3v) is 3.37. The molecule has 3 rings (SSSR count). The molecule has 0 radical (unpaired) electrons. The van der Waals surface area contributed by atoms with Crippen LogP contribution in [0, 0.1) is 0 Å². The van der Waals surface area contributed by atoms with Crippen molar-refractivity contribution in [1.29, 1.82) is 0 Å². The Morgan fingerprint density at radius 3 is 2.91 bits per heavy atom. The lowest BCUT2D eigenvalue weighted by molar-refractivity contribution is 0.0954. The van der Waals surface area contributed by atoms with Gasteiger partial charge in [-0.2, -0.15) is 0 Å². The molecular weight excluding hydrogens is 278 g/mol. The van der Waals surface area contributed by atoms with Crippen LogP contribution in [-0.4, -0.2) is 34.0 Å². The van der Waals surface area contributed by atoms with E-state index >= 15 is 0 Å². The van der Waals surface area contributed by atoms with Crippen LogP contribution in [0.4, 0.5) is 0 Å². The predicted molar refractivity (Wildman–Crippen MR) is 84.5 cm³/mol. The van der Waals surface area contributed by atoms with Gasteiger partial charge in [0.05, 0.1) is 12.1 Å². The van der Waals surface area contributed by atoms with Crippen molar-refractivity contribution in [2.24, 2.45) is 5.73 Å². The topological polar surface area (TPSA) is 85.8 Å². The Hall–Kier alpha value is -2.73. The number of carbonyl (C=O) groups is 1. The number of benzene rings is 2. The highest BCUT2D eigenvalue weighted by atomic mass is 16.1. The fourth-order valence-electron chi connectivity index (χ4n) is 2.31. The number of nitrogens with one attached hydrogen (secondary N) is 1. The number of aromatic nitrogens is 3. The Kier molecular flexibility index (Phi) is 4.11. The van der Waals surface area contributed by atoms with Crippen molar-refractivity contribution in [3.8, 4) is 0 Å². The predicted octanol–water partition coefficient (Wildman–Crippen LogP) is 1.17. The van der Waals surface area contributed by atoms with Gasteiger partial charge in [0.25, 0.3) is 5.91 Å². The van der Waals surface area contributed by atoms with E-state index in [1.54, 1.807) is 6.07 Å². The molecule has 0 spiro atoms. The third-order valence-electron chi connectivity index (χ3n) is 3.37. The number of fused-ring (bicyclic) bond motifs is 1.